The Kier molecular flexibility index (Phi) is 6.26. The zero-order valence-corrected chi connectivity index (χ0v) is 16.2. The molecule has 0 aromatic heterocycles. The van der Waals surface area contributed by atoms with Gasteiger partial charge in [0, 0.05) is 12.7 Å². The fourth-order valence-corrected chi connectivity index (χ4v) is 2.87. The third-order valence-corrected chi connectivity index (χ3v) is 5.24. The van der Waals surface area contributed by atoms with Crippen LogP contribution in [0.5, 0.6) is 5.75 Å². The molecule has 1 atom stereocenters. The van der Waals surface area contributed by atoms with Gasteiger partial charge in [0.2, 0.25) is 10.0 Å². The van der Waals surface area contributed by atoms with E-state index in [9.17, 15) is 13.2 Å². The van der Waals surface area contributed by atoms with Crippen LogP contribution < -0.4 is 14.4 Å². The molecular formula is C19H24N2O4S. The van der Waals surface area contributed by atoms with Gasteiger partial charge in [0.1, 0.15) is 5.75 Å². The summed E-state index contributed by atoms with van der Waals surface area (Å²) in [4.78, 5) is 12.4. The van der Waals surface area contributed by atoms with E-state index < -0.39 is 16.1 Å². The number of carbonyl (C=O) groups excluding carboxylic acids is 1. The first-order valence-corrected chi connectivity index (χ1v) is 10.2. The van der Waals surface area contributed by atoms with Crippen molar-refractivity contribution in [3.8, 4) is 5.75 Å². The molecule has 26 heavy (non-hydrogen) atoms. The van der Waals surface area contributed by atoms with Crippen molar-refractivity contribution in [3.05, 3.63) is 54.1 Å². The number of aryl methyl sites for hydroxylation is 1. The lowest BCUT2D eigenvalue weighted by molar-refractivity contribution is -0.122. The maximum absolute atomic E-state index is 12.4. The van der Waals surface area contributed by atoms with Crippen molar-refractivity contribution in [2.75, 3.05) is 22.9 Å². The Hall–Kier alpha value is -2.54. The van der Waals surface area contributed by atoms with Crippen molar-refractivity contribution in [2.45, 2.75) is 26.4 Å². The van der Waals surface area contributed by atoms with E-state index in [1.54, 1.807) is 31.2 Å². The lowest BCUT2D eigenvalue weighted by atomic mass is 10.1. The Morgan fingerprint density at radius 1 is 1.15 bits per heavy atom. The van der Waals surface area contributed by atoms with E-state index in [0.29, 0.717) is 11.4 Å². The van der Waals surface area contributed by atoms with Crippen LogP contribution in [0.4, 0.5) is 11.4 Å². The van der Waals surface area contributed by atoms with E-state index >= 15 is 0 Å². The molecule has 2 rings (SSSR count). The molecule has 1 amide bonds. The standard InChI is InChI=1S/C19H24N2O4S/c1-5-15-8-6-7-9-18(15)20-19(22)14(2)25-17-12-10-16(11-13-17)21(3)26(4,23)24/h6-14H,5H2,1-4H3,(H,20,22). The predicted molar refractivity (Wildman–Crippen MR) is 104 cm³/mol. The number of rotatable bonds is 7. The molecule has 0 aliphatic rings. The molecule has 0 saturated heterocycles. The van der Waals surface area contributed by atoms with Crippen molar-refractivity contribution >= 4 is 27.3 Å². The van der Waals surface area contributed by atoms with Crippen LogP contribution in [0.3, 0.4) is 0 Å². The number of nitrogens with zero attached hydrogens (tertiary/aromatic N) is 1. The van der Waals surface area contributed by atoms with Gasteiger partial charge < -0.3 is 10.1 Å². The second-order valence-electron chi connectivity index (χ2n) is 5.98. The minimum absolute atomic E-state index is 0.247. The number of hydrogen-bond acceptors (Lipinski definition) is 4. The van der Waals surface area contributed by atoms with E-state index in [1.165, 1.54) is 11.4 Å². The molecule has 6 nitrogen and oxygen atoms in total. The Bertz CT molecular complexity index is 863. The molecule has 0 aliphatic heterocycles. The van der Waals surface area contributed by atoms with Crippen LogP contribution in [0.25, 0.3) is 0 Å². The Morgan fingerprint density at radius 3 is 2.35 bits per heavy atom. The average molecular weight is 376 g/mol. The summed E-state index contributed by atoms with van der Waals surface area (Å²) in [6.45, 7) is 3.69. The van der Waals surface area contributed by atoms with Gasteiger partial charge in [-0.1, -0.05) is 25.1 Å². The number of sulfonamides is 1. The van der Waals surface area contributed by atoms with Crippen LogP contribution in [-0.4, -0.2) is 33.7 Å². The van der Waals surface area contributed by atoms with Crippen molar-refractivity contribution < 1.29 is 17.9 Å². The number of benzene rings is 2. The minimum Gasteiger partial charge on any atom is -0.481 e. The lowest BCUT2D eigenvalue weighted by Crippen LogP contribution is -2.30. The predicted octanol–water partition coefficient (Wildman–Crippen LogP) is 3.05. The maximum Gasteiger partial charge on any atom is 0.265 e. The molecule has 7 heteroatoms. The molecule has 0 bridgehead atoms. The lowest BCUT2D eigenvalue weighted by Gasteiger charge is -2.18. The van der Waals surface area contributed by atoms with Gasteiger partial charge in [-0.15, -0.1) is 0 Å². The van der Waals surface area contributed by atoms with Gasteiger partial charge in [0.25, 0.3) is 5.91 Å². The molecule has 0 spiro atoms. The van der Waals surface area contributed by atoms with Gasteiger partial charge in [-0.2, -0.15) is 0 Å². The molecule has 2 aromatic carbocycles. The minimum atomic E-state index is -3.32. The second-order valence-corrected chi connectivity index (χ2v) is 8.00. The molecule has 0 heterocycles. The van der Waals surface area contributed by atoms with Crippen LogP contribution in [0.1, 0.15) is 19.4 Å². The van der Waals surface area contributed by atoms with Crippen LogP contribution in [0.15, 0.2) is 48.5 Å². The molecule has 0 aliphatic carbocycles. The highest BCUT2D eigenvalue weighted by atomic mass is 32.2. The summed E-state index contributed by atoms with van der Waals surface area (Å²) in [5.74, 6) is 0.241. The first-order valence-electron chi connectivity index (χ1n) is 8.31. The molecular weight excluding hydrogens is 352 g/mol. The molecule has 140 valence electrons. The quantitative estimate of drug-likeness (QED) is 0.806. The van der Waals surface area contributed by atoms with Crippen molar-refractivity contribution in [1.82, 2.24) is 0 Å². The van der Waals surface area contributed by atoms with Crippen LogP contribution in [0.2, 0.25) is 0 Å². The zero-order valence-electron chi connectivity index (χ0n) is 15.4. The van der Waals surface area contributed by atoms with Gasteiger partial charge in [-0.3, -0.25) is 9.10 Å². The van der Waals surface area contributed by atoms with Gasteiger partial charge >= 0.3 is 0 Å². The SMILES string of the molecule is CCc1ccccc1NC(=O)C(C)Oc1ccc(N(C)S(C)(=O)=O)cc1. The third kappa shape index (κ3) is 4.98. The van der Waals surface area contributed by atoms with Crippen molar-refractivity contribution in [1.29, 1.82) is 0 Å². The molecule has 1 N–H and O–H groups in total. The third-order valence-electron chi connectivity index (χ3n) is 4.04. The van der Waals surface area contributed by atoms with Crippen LogP contribution in [-0.2, 0) is 21.2 Å². The topological polar surface area (TPSA) is 75.7 Å². The normalized spacial score (nSPS) is 12.3. The van der Waals surface area contributed by atoms with Crippen molar-refractivity contribution in [2.24, 2.45) is 0 Å². The summed E-state index contributed by atoms with van der Waals surface area (Å²) in [6, 6.07) is 14.2. The smallest absolute Gasteiger partial charge is 0.265 e. The second kappa shape index (κ2) is 8.23. The number of ether oxygens (including phenoxy) is 1. The fourth-order valence-electron chi connectivity index (χ4n) is 2.37. The van der Waals surface area contributed by atoms with Gasteiger partial charge in [-0.05, 0) is 49.2 Å². The Balaban J connectivity index is 2.03. The highest BCUT2D eigenvalue weighted by Crippen LogP contribution is 2.21. The van der Waals surface area contributed by atoms with Gasteiger partial charge in [-0.25, -0.2) is 8.42 Å². The first-order chi connectivity index (χ1) is 12.2. The molecule has 0 radical (unpaired) electrons. The summed E-state index contributed by atoms with van der Waals surface area (Å²) < 4.78 is 29.9. The number of hydrogen-bond donors (Lipinski definition) is 1. The largest absolute Gasteiger partial charge is 0.481 e. The summed E-state index contributed by atoms with van der Waals surface area (Å²) in [7, 11) is -1.84. The maximum atomic E-state index is 12.4. The van der Waals surface area contributed by atoms with E-state index in [4.69, 9.17) is 4.74 Å². The molecule has 1 unspecified atom stereocenters. The molecule has 0 saturated carbocycles. The summed E-state index contributed by atoms with van der Waals surface area (Å²) >= 11 is 0. The van der Waals surface area contributed by atoms with Crippen molar-refractivity contribution in [3.63, 3.8) is 0 Å². The van der Waals surface area contributed by atoms with E-state index in [2.05, 4.69) is 5.32 Å². The van der Waals surface area contributed by atoms with Gasteiger partial charge in [0.15, 0.2) is 6.10 Å². The molecule has 2 aromatic rings. The fraction of sp³-hybridized carbons (Fsp3) is 0.316. The van der Waals surface area contributed by atoms with E-state index in [-0.39, 0.29) is 5.91 Å². The summed E-state index contributed by atoms with van der Waals surface area (Å²) in [5.41, 5.74) is 2.36. The Morgan fingerprint density at radius 2 is 1.77 bits per heavy atom. The first kappa shape index (κ1) is 19.8. The van der Waals surface area contributed by atoms with E-state index in [1.807, 2.05) is 31.2 Å². The van der Waals surface area contributed by atoms with E-state index in [0.717, 1.165) is 23.9 Å². The zero-order chi connectivity index (χ0) is 19.3. The summed E-state index contributed by atoms with van der Waals surface area (Å²) in [6.07, 6.45) is 1.26. The number of anilines is 2. The monoisotopic (exact) mass is 376 g/mol. The van der Waals surface area contributed by atoms with Crippen LogP contribution >= 0.6 is 0 Å². The number of carbonyl (C=O) groups is 1. The van der Waals surface area contributed by atoms with Gasteiger partial charge in [0.05, 0.1) is 11.9 Å². The average Bonchev–Trinajstić information content (AvgIpc) is 2.61. The number of amides is 1. The highest BCUT2D eigenvalue weighted by Gasteiger charge is 2.17. The number of nitrogens with one attached hydrogen (secondary N) is 1. The molecule has 0 fully saturated rings. The summed E-state index contributed by atoms with van der Waals surface area (Å²) in [5, 5.41) is 2.88. The Labute approximate surface area is 154 Å². The highest BCUT2D eigenvalue weighted by molar-refractivity contribution is 7.92. The van der Waals surface area contributed by atoms with Crippen LogP contribution in [0, 0.1) is 0 Å². The number of para-hydroxylation sites is 1.